The van der Waals surface area contributed by atoms with Crippen molar-refractivity contribution in [2.45, 2.75) is 26.4 Å². The van der Waals surface area contributed by atoms with Gasteiger partial charge in [-0.05, 0) is 49.2 Å². The van der Waals surface area contributed by atoms with Crippen LogP contribution in [0, 0.1) is 6.92 Å². The molecule has 2 amide bonds. The zero-order valence-electron chi connectivity index (χ0n) is 18.8. The molecule has 10 heteroatoms. The molecular weight excluding hydrogens is 454 g/mol. The summed E-state index contributed by atoms with van der Waals surface area (Å²) in [6.45, 7) is 3.01. The minimum atomic E-state index is -3.84. The highest BCUT2D eigenvalue weighted by atomic mass is 35.5. The SMILES string of the molecule is CNC(=O)C(C)N(Cc1ccc(Cl)cc1)C(=O)CN(c1cc(C)ccc1OC)S(C)(=O)=O. The zero-order valence-corrected chi connectivity index (χ0v) is 20.3. The number of aryl methyl sites for hydroxylation is 1. The molecule has 1 unspecified atom stereocenters. The molecule has 0 heterocycles. The maximum Gasteiger partial charge on any atom is 0.244 e. The van der Waals surface area contributed by atoms with Gasteiger partial charge < -0.3 is 15.0 Å². The number of hydrogen-bond acceptors (Lipinski definition) is 5. The standard InChI is InChI=1S/C22H28ClN3O5S/c1-15-6-11-20(31-4)19(12-15)26(32(5,29)30)14-21(27)25(16(2)22(28)24-3)13-17-7-9-18(23)10-8-17/h6-12,16H,13-14H2,1-5H3,(H,24,28). The van der Waals surface area contributed by atoms with Gasteiger partial charge in [0, 0.05) is 18.6 Å². The van der Waals surface area contributed by atoms with E-state index in [9.17, 15) is 18.0 Å². The van der Waals surface area contributed by atoms with Crippen LogP contribution in [-0.4, -0.2) is 58.1 Å². The molecule has 0 aromatic heterocycles. The van der Waals surface area contributed by atoms with Crippen molar-refractivity contribution in [1.29, 1.82) is 0 Å². The molecule has 8 nitrogen and oxygen atoms in total. The number of benzene rings is 2. The second-order valence-corrected chi connectivity index (χ2v) is 9.73. The normalized spacial score (nSPS) is 12.1. The number of likely N-dealkylation sites (N-methyl/N-ethyl adjacent to an activating group) is 1. The Morgan fingerprint density at radius 2 is 1.78 bits per heavy atom. The van der Waals surface area contributed by atoms with E-state index in [1.54, 1.807) is 49.4 Å². The Kier molecular flexibility index (Phi) is 8.51. The summed E-state index contributed by atoms with van der Waals surface area (Å²) in [6.07, 6.45) is 1.02. The van der Waals surface area contributed by atoms with Gasteiger partial charge in [-0.3, -0.25) is 13.9 Å². The molecule has 2 aromatic carbocycles. The molecule has 0 radical (unpaired) electrons. The lowest BCUT2D eigenvalue weighted by molar-refractivity contribution is -0.139. The summed E-state index contributed by atoms with van der Waals surface area (Å²) >= 11 is 5.94. The second-order valence-electron chi connectivity index (χ2n) is 7.38. The fraction of sp³-hybridized carbons (Fsp3) is 0.364. The maximum absolute atomic E-state index is 13.4. The van der Waals surface area contributed by atoms with Gasteiger partial charge in [0.2, 0.25) is 21.8 Å². The number of sulfonamides is 1. The van der Waals surface area contributed by atoms with Crippen molar-refractivity contribution in [3.8, 4) is 5.75 Å². The first kappa shape index (κ1) is 25.5. The number of carbonyl (C=O) groups is 2. The summed E-state index contributed by atoms with van der Waals surface area (Å²) in [5.74, 6) is -0.589. The number of nitrogens with zero attached hydrogens (tertiary/aromatic N) is 2. The molecular formula is C22H28ClN3O5S. The third-order valence-corrected chi connectivity index (χ3v) is 6.34. The van der Waals surface area contributed by atoms with Crippen molar-refractivity contribution in [1.82, 2.24) is 10.2 Å². The number of amides is 2. The summed E-state index contributed by atoms with van der Waals surface area (Å²) < 4.78 is 31.6. The van der Waals surface area contributed by atoms with E-state index in [-0.39, 0.29) is 18.1 Å². The number of nitrogens with one attached hydrogen (secondary N) is 1. The fourth-order valence-corrected chi connectivity index (χ4v) is 4.14. The third-order valence-electron chi connectivity index (χ3n) is 4.96. The minimum Gasteiger partial charge on any atom is -0.495 e. The van der Waals surface area contributed by atoms with E-state index in [1.807, 2.05) is 6.92 Å². The van der Waals surface area contributed by atoms with Gasteiger partial charge in [-0.15, -0.1) is 0 Å². The van der Waals surface area contributed by atoms with Crippen LogP contribution < -0.4 is 14.4 Å². The minimum absolute atomic E-state index is 0.104. The van der Waals surface area contributed by atoms with Crippen molar-refractivity contribution in [2.24, 2.45) is 0 Å². The van der Waals surface area contributed by atoms with E-state index in [0.29, 0.717) is 10.8 Å². The van der Waals surface area contributed by atoms with Crippen LogP contribution in [0.15, 0.2) is 42.5 Å². The molecule has 1 atom stereocenters. The van der Waals surface area contributed by atoms with Crippen LogP contribution in [0.4, 0.5) is 5.69 Å². The first-order valence-electron chi connectivity index (χ1n) is 9.85. The van der Waals surface area contributed by atoms with Crippen LogP contribution in [0.5, 0.6) is 5.75 Å². The molecule has 1 N–H and O–H groups in total. The first-order chi connectivity index (χ1) is 15.0. The predicted octanol–water partition coefficient (Wildman–Crippen LogP) is 2.59. The fourth-order valence-electron chi connectivity index (χ4n) is 3.17. The molecule has 32 heavy (non-hydrogen) atoms. The van der Waals surface area contributed by atoms with Gasteiger partial charge in [0.1, 0.15) is 18.3 Å². The van der Waals surface area contributed by atoms with Gasteiger partial charge in [0.15, 0.2) is 0 Å². The number of rotatable bonds is 9. The van der Waals surface area contributed by atoms with Crippen molar-refractivity contribution < 1.29 is 22.7 Å². The van der Waals surface area contributed by atoms with Crippen LogP contribution in [0.2, 0.25) is 5.02 Å². The van der Waals surface area contributed by atoms with Crippen molar-refractivity contribution in [3.63, 3.8) is 0 Å². The Hall–Kier alpha value is -2.78. The van der Waals surface area contributed by atoms with Gasteiger partial charge >= 0.3 is 0 Å². The monoisotopic (exact) mass is 481 g/mol. The smallest absolute Gasteiger partial charge is 0.244 e. The summed E-state index contributed by atoms with van der Waals surface area (Å²) in [6, 6.07) is 11.1. The molecule has 0 saturated heterocycles. The van der Waals surface area contributed by atoms with E-state index in [0.717, 1.165) is 21.7 Å². The van der Waals surface area contributed by atoms with Crippen molar-refractivity contribution in [3.05, 3.63) is 58.6 Å². The Bertz CT molecular complexity index is 1070. The summed E-state index contributed by atoms with van der Waals surface area (Å²) in [4.78, 5) is 27.0. The molecule has 0 fully saturated rings. The number of anilines is 1. The Morgan fingerprint density at radius 1 is 1.16 bits per heavy atom. The van der Waals surface area contributed by atoms with Gasteiger partial charge in [-0.2, -0.15) is 0 Å². The van der Waals surface area contributed by atoms with Crippen LogP contribution in [0.1, 0.15) is 18.1 Å². The Morgan fingerprint density at radius 3 is 2.31 bits per heavy atom. The van der Waals surface area contributed by atoms with Gasteiger partial charge in [0.25, 0.3) is 0 Å². The molecule has 0 aliphatic rings. The van der Waals surface area contributed by atoms with Crippen LogP contribution >= 0.6 is 11.6 Å². The van der Waals surface area contributed by atoms with E-state index in [2.05, 4.69) is 5.32 Å². The van der Waals surface area contributed by atoms with Gasteiger partial charge in [-0.25, -0.2) is 8.42 Å². The lowest BCUT2D eigenvalue weighted by atomic mass is 10.1. The molecule has 0 spiro atoms. The van der Waals surface area contributed by atoms with E-state index in [1.165, 1.54) is 19.1 Å². The number of hydrogen-bond donors (Lipinski definition) is 1. The predicted molar refractivity (Wildman–Crippen MR) is 125 cm³/mol. The Labute approximate surface area is 194 Å². The largest absolute Gasteiger partial charge is 0.495 e. The highest BCUT2D eigenvalue weighted by Crippen LogP contribution is 2.31. The molecule has 0 saturated carbocycles. The molecule has 0 aliphatic heterocycles. The van der Waals surface area contributed by atoms with Gasteiger partial charge in [-0.1, -0.05) is 29.8 Å². The first-order valence-corrected chi connectivity index (χ1v) is 12.1. The van der Waals surface area contributed by atoms with E-state index < -0.39 is 28.5 Å². The van der Waals surface area contributed by atoms with Crippen LogP contribution in [0.3, 0.4) is 0 Å². The lowest BCUT2D eigenvalue weighted by Gasteiger charge is -2.31. The summed E-state index contributed by atoms with van der Waals surface area (Å²) in [5, 5.41) is 3.07. The van der Waals surface area contributed by atoms with Crippen LogP contribution in [-0.2, 0) is 26.2 Å². The molecule has 0 bridgehead atoms. The molecule has 2 aromatic rings. The highest BCUT2D eigenvalue weighted by Gasteiger charge is 2.30. The van der Waals surface area contributed by atoms with E-state index >= 15 is 0 Å². The Balaban J connectivity index is 2.44. The quantitative estimate of drug-likeness (QED) is 0.594. The number of methoxy groups -OCH3 is 1. The van der Waals surface area contributed by atoms with Crippen LogP contribution in [0.25, 0.3) is 0 Å². The summed E-state index contributed by atoms with van der Waals surface area (Å²) in [5.41, 5.74) is 1.80. The van der Waals surface area contributed by atoms with Crippen molar-refractivity contribution in [2.75, 3.05) is 31.3 Å². The number of carbonyl (C=O) groups excluding carboxylic acids is 2. The third kappa shape index (κ3) is 6.37. The molecule has 174 valence electrons. The topological polar surface area (TPSA) is 96.0 Å². The maximum atomic E-state index is 13.4. The lowest BCUT2D eigenvalue weighted by Crippen LogP contribution is -2.50. The summed E-state index contributed by atoms with van der Waals surface area (Å²) in [7, 11) is -0.934. The molecule has 2 rings (SSSR count). The molecule has 0 aliphatic carbocycles. The van der Waals surface area contributed by atoms with Gasteiger partial charge in [0.05, 0.1) is 19.1 Å². The average Bonchev–Trinajstić information content (AvgIpc) is 2.75. The van der Waals surface area contributed by atoms with E-state index in [4.69, 9.17) is 16.3 Å². The number of halogens is 1. The second kappa shape index (κ2) is 10.7. The average molecular weight is 482 g/mol. The zero-order chi connectivity index (χ0) is 24.1. The number of ether oxygens (including phenoxy) is 1. The van der Waals surface area contributed by atoms with Crippen molar-refractivity contribution >= 4 is 39.1 Å². The highest BCUT2D eigenvalue weighted by molar-refractivity contribution is 7.92.